The zero-order chi connectivity index (χ0) is 15.5. The quantitative estimate of drug-likeness (QED) is 0.858. The molecule has 1 aliphatic heterocycles. The summed E-state index contributed by atoms with van der Waals surface area (Å²) in [5.41, 5.74) is 0.621. The molecule has 1 fully saturated rings. The summed E-state index contributed by atoms with van der Waals surface area (Å²) in [5.74, 6) is 1.60. The molecule has 0 N–H and O–H groups in total. The SMILES string of the molecule is COc1ccccc1C(=O)N1CCN(c2nccn2C)CC1.Cl. The number of aromatic nitrogens is 2. The first-order valence-corrected chi connectivity index (χ1v) is 7.35. The van der Waals surface area contributed by atoms with Crippen LogP contribution < -0.4 is 9.64 Å². The number of para-hydroxylation sites is 1. The van der Waals surface area contributed by atoms with E-state index >= 15 is 0 Å². The Balaban J connectivity index is 0.00000192. The monoisotopic (exact) mass is 336 g/mol. The van der Waals surface area contributed by atoms with Crippen molar-refractivity contribution in [2.24, 2.45) is 7.05 Å². The van der Waals surface area contributed by atoms with Crippen molar-refractivity contribution in [3.63, 3.8) is 0 Å². The van der Waals surface area contributed by atoms with Crippen molar-refractivity contribution < 1.29 is 9.53 Å². The van der Waals surface area contributed by atoms with Gasteiger partial charge < -0.3 is 19.1 Å². The van der Waals surface area contributed by atoms with E-state index in [-0.39, 0.29) is 18.3 Å². The molecule has 6 nitrogen and oxygen atoms in total. The topological polar surface area (TPSA) is 50.6 Å². The molecular formula is C16H21ClN4O2. The fourth-order valence-electron chi connectivity index (χ4n) is 2.76. The molecule has 1 amide bonds. The third-order valence-electron chi connectivity index (χ3n) is 3.98. The lowest BCUT2D eigenvalue weighted by molar-refractivity contribution is 0.0742. The van der Waals surface area contributed by atoms with Crippen molar-refractivity contribution in [2.75, 3.05) is 38.2 Å². The van der Waals surface area contributed by atoms with Gasteiger partial charge in [0.1, 0.15) is 5.75 Å². The van der Waals surface area contributed by atoms with E-state index in [1.165, 1.54) is 0 Å². The van der Waals surface area contributed by atoms with E-state index in [2.05, 4.69) is 9.88 Å². The predicted molar refractivity (Wildman–Crippen MR) is 91.6 cm³/mol. The van der Waals surface area contributed by atoms with Crippen LogP contribution in [0.15, 0.2) is 36.7 Å². The van der Waals surface area contributed by atoms with Gasteiger partial charge in [-0.15, -0.1) is 12.4 Å². The molecule has 7 heteroatoms. The average molecular weight is 337 g/mol. The zero-order valence-corrected chi connectivity index (χ0v) is 14.1. The van der Waals surface area contributed by atoms with E-state index < -0.39 is 0 Å². The van der Waals surface area contributed by atoms with Crippen molar-refractivity contribution in [3.8, 4) is 5.75 Å². The van der Waals surface area contributed by atoms with Crippen LogP contribution in [0.4, 0.5) is 5.95 Å². The van der Waals surface area contributed by atoms with Gasteiger partial charge in [-0.2, -0.15) is 0 Å². The number of benzene rings is 1. The van der Waals surface area contributed by atoms with Crippen molar-refractivity contribution in [2.45, 2.75) is 0 Å². The third kappa shape index (κ3) is 3.42. The van der Waals surface area contributed by atoms with E-state index in [1.807, 2.05) is 47.0 Å². The van der Waals surface area contributed by atoms with Crippen molar-refractivity contribution in [3.05, 3.63) is 42.2 Å². The molecule has 3 rings (SSSR count). The van der Waals surface area contributed by atoms with Crippen LogP contribution >= 0.6 is 12.4 Å². The summed E-state index contributed by atoms with van der Waals surface area (Å²) < 4.78 is 7.28. The first-order valence-electron chi connectivity index (χ1n) is 7.35. The minimum atomic E-state index is 0. The largest absolute Gasteiger partial charge is 0.496 e. The second kappa shape index (κ2) is 7.37. The van der Waals surface area contributed by atoms with E-state index in [1.54, 1.807) is 13.3 Å². The molecule has 0 saturated carbocycles. The van der Waals surface area contributed by atoms with Gasteiger partial charge >= 0.3 is 0 Å². The highest BCUT2D eigenvalue weighted by atomic mass is 35.5. The summed E-state index contributed by atoms with van der Waals surface area (Å²) in [4.78, 5) is 21.1. The van der Waals surface area contributed by atoms with Gasteiger partial charge in [0, 0.05) is 45.6 Å². The lowest BCUT2D eigenvalue weighted by Crippen LogP contribution is -2.49. The summed E-state index contributed by atoms with van der Waals surface area (Å²) in [7, 11) is 3.57. The molecule has 0 bridgehead atoms. The Morgan fingerprint density at radius 1 is 1.17 bits per heavy atom. The lowest BCUT2D eigenvalue weighted by atomic mass is 10.1. The second-order valence-corrected chi connectivity index (χ2v) is 5.32. The fourth-order valence-corrected chi connectivity index (χ4v) is 2.76. The number of imidazole rings is 1. The van der Waals surface area contributed by atoms with Crippen molar-refractivity contribution in [1.29, 1.82) is 0 Å². The van der Waals surface area contributed by atoms with Gasteiger partial charge in [-0.3, -0.25) is 4.79 Å². The van der Waals surface area contributed by atoms with Crippen LogP contribution in [0.3, 0.4) is 0 Å². The number of hydrogen-bond acceptors (Lipinski definition) is 4. The van der Waals surface area contributed by atoms with Crippen molar-refractivity contribution in [1.82, 2.24) is 14.5 Å². The van der Waals surface area contributed by atoms with E-state index in [4.69, 9.17) is 4.74 Å². The number of carbonyl (C=O) groups is 1. The molecule has 2 heterocycles. The van der Waals surface area contributed by atoms with Crippen LogP contribution in [0.25, 0.3) is 0 Å². The summed E-state index contributed by atoms with van der Waals surface area (Å²) >= 11 is 0. The van der Waals surface area contributed by atoms with Crippen LogP contribution in [0.1, 0.15) is 10.4 Å². The minimum Gasteiger partial charge on any atom is -0.496 e. The van der Waals surface area contributed by atoms with Crippen LogP contribution in [0, 0.1) is 0 Å². The Morgan fingerprint density at radius 3 is 2.48 bits per heavy atom. The number of anilines is 1. The van der Waals surface area contributed by atoms with Gasteiger partial charge in [-0.25, -0.2) is 4.98 Å². The highest BCUT2D eigenvalue weighted by molar-refractivity contribution is 5.97. The highest BCUT2D eigenvalue weighted by Gasteiger charge is 2.25. The van der Waals surface area contributed by atoms with Crippen LogP contribution in [-0.4, -0.2) is 53.6 Å². The molecule has 0 spiro atoms. The Bertz CT molecular complexity index is 666. The number of amides is 1. The molecule has 1 aromatic carbocycles. The number of rotatable bonds is 3. The summed E-state index contributed by atoms with van der Waals surface area (Å²) in [6.45, 7) is 2.94. The Kier molecular flexibility index (Phi) is 5.50. The lowest BCUT2D eigenvalue weighted by Gasteiger charge is -2.35. The first-order chi connectivity index (χ1) is 10.7. The van der Waals surface area contributed by atoms with Gasteiger partial charge in [-0.1, -0.05) is 12.1 Å². The standard InChI is InChI=1S/C16H20N4O2.ClH/c1-18-8-7-17-16(18)20-11-9-19(10-12-20)15(21)13-5-3-4-6-14(13)22-2;/h3-8H,9-12H2,1-2H3;1H. The van der Waals surface area contributed by atoms with E-state index in [0.717, 1.165) is 19.0 Å². The molecule has 124 valence electrons. The van der Waals surface area contributed by atoms with E-state index in [9.17, 15) is 4.79 Å². The predicted octanol–water partition coefficient (Wildman–Crippen LogP) is 1.81. The highest BCUT2D eigenvalue weighted by Crippen LogP contribution is 2.21. The van der Waals surface area contributed by atoms with Crippen LogP contribution in [0.2, 0.25) is 0 Å². The molecule has 1 aliphatic rings. The molecule has 0 unspecified atom stereocenters. The molecule has 2 aromatic rings. The second-order valence-electron chi connectivity index (χ2n) is 5.32. The number of piperazine rings is 1. The summed E-state index contributed by atoms with van der Waals surface area (Å²) in [6, 6.07) is 7.36. The number of ether oxygens (including phenoxy) is 1. The maximum Gasteiger partial charge on any atom is 0.257 e. The zero-order valence-electron chi connectivity index (χ0n) is 13.3. The molecule has 1 aromatic heterocycles. The van der Waals surface area contributed by atoms with Gasteiger partial charge in [0.05, 0.1) is 12.7 Å². The van der Waals surface area contributed by atoms with Crippen molar-refractivity contribution >= 4 is 24.3 Å². The van der Waals surface area contributed by atoms with Gasteiger partial charge in [0.15, 0.2) is 0 Å². The molecular weight excluding hydrogens is 316 g/mol. The van der Waals surface area contributed by atoms with Gasteiger partial charge in [0.2, 0.25) is 5.95 Å². The number of nitrogens with zero attached hydrogens (tertiary/aromatic N) is 4. The minimum absolute atomic E-state index is 0. The van der Waals surface area contributed by atoms with Gasteiger partial charge in [0.25, 0.3) is 5.91 Å². The maximum atomic E-state index is 12.6. The van der Waals surface area contributed by atoms with E-state index in [0.29, 0.717) is 24.4 Å². The molecule has 1 saturated heterocycles. The summed E-state index contributed by atoms with van der Waals surface area (Å²) in [5, 5.41) is 0. The van der Waals surface area contributed by atoms with Crippen LogP contribution in [-0.2, 0) is 7.05 Å². The normalized spacial score (nSPS) is 14.3. The first kappa shape index (κ1) is 17.1. The number of halogens is 1. The Morgan fingerprint density at radius 2 is 1.87 bits per heavy atom. The molecule has 0 atom stereocenters. The smallest absolute Gasteiger partial charge is 0.257 e. The number of carbonyl (C=O) groups excluding carboxylic acids is 1. The van der Waals surface area contributed by atoms with Crippen LogP contribution in [0.5, 0.6) is 5.75 Å². The molecule has 23 heavy (non-hydrogen) atoms. The Hall–Kier alpha value is -2.21. The van der Waals surface area contributed by atoms with Gasteiger partial charge in [-0.05, 0) is 12.1 Å². The average Bonchev–Trinajstić information content (AvgIpc) is 3.00. The number of aryl methyl sites for hydroxylation is 1. The number of hydrogen-bond donors (Lipinski definition) is 0. The summed E-state index contributed by atoms with van der Waals surface area (Å²) in [6.07, 6.45) is 3.73. The number of methoxy groups -OCH3 is 1. The molecule has 0 radical (unpaired) electrons. The maximum absolute atomic E-state index is 12.6. The molecule has 0 aliphatic carbocycles. The third-order valence-corrected chi connectivity index (χ3v) is 3.98. The fraction of sp³-hybridized carbons (Fsp3) is 0.375. The Labute approximate surface area is 142 Å².